The molecular formula is C22H20N2O2. The third-order valence-electron chi connectivity index (χ3n) is 4.70. The maximum absolute atomic E-state index is 9.16. The second kappa shape index (κ2) is 6.61. The lowest BCUT2D eigenvalue weighted by Crippen LogP contribution is -2.04. The Bertz CT molecular complexity index is 1010. The Morgan fingerprint density at radius 2 is 1.88 bits per heavy atom. The van der Waals surface area contributed by atoms with Crippen LogP contribution >= 0.6 is 0 Å². The molecule has 0 bridgehead atoms. The van der Waals surface area contributed by atoms with E-state index in [-0.39, 0.29) is 6.79 Å². The van der Waals surface area contributed by atoms with E-state index in [1.54, 1.807) is 0 Å². The Labute approximate surface area is 153 Å². The molecule has 4 nitrogen and oxygen atoms in total. The highest BCUT2D eigenvalue weighted by atomic mass is 16.7. The summed E-state index contributed by atoms with van der Waals surface area (Å²) in [6, 6.07) is 18.4. The Kier molecular flexibility index (Phi) is 4.14. The number of hydrogen-bond donors (Lipinski definition) is 0. The normalized spacial score (nSPS) is 12.2. The van der Waals surface area contributed by atoms with Crippen molar-refractivity contribution in [2.24, 2.45) is 0 Å². The summed E-state index contributed by atoms with van der Waals surface area (Å²) >= 11 is 0. The lowest BCUT2D eigenvalue weighted by molar-refractivity contribution is 0.174. The van der Waals surface area contributed by atoms with E-state index >= 15 is 0 Å². The van der Waals surface area contributed by atoms with E-state index in [9.17, 15) is 0 Å². The van der Waals surface area contributed by atoms with Crippen molar-refractivity contribution in [1.29, 1.82) is 5.26 Å². The maximum atomic E-state index is 9.16. The zero-order valence-corrected chi connectivity index (χ0v) is 15.0. The van der Waals surface area contributed by atoms with Crippen LogP contribution in [0.1, 0.15) is 30.2 Å². The molecule has 130 valence electrons. The predicted octanol–water partition coefficient (Wildman–Crippen LogP) is 5.01. The van der Waals surface area contributed by atoms with Crippen molar-refractivity contribution >= 4 is 0 Å². The van der Waals surface area contributed by atoms with E-state index in [2.05, 4.69) is 42.7 Å². The molecule has 2 aromatic carbocycles. The molecule has 0 spiro atoms. The van der Waals surface area contributed by atoms with E-state index in [1.807, 2.05) is 30.3 Å². The Hall–Kier alpha value is -3.19. The summed E-state index contributed by atoms with van der Waals surface area (Å²) in [4.78, 5) is 0. The minimum absolute atomic E-state index is 0.273. The number of rotatable bonds is 4. The number of nitriles is 1. The average molecular weight is 344 g/mol. The zero-order valence-electron chi connectivity index (χ0n) is 15.0. The van der Waals surface area contributed by atoms with Crippen molar-refractivity contribution < 1.29 is 9.47 Å². The first-order valence-corrected chi connectivity index (χ1v) is 8.83. The SMILES string of the molecule is CCCc1ccc(-c2ccc3c(c2)OCO3)n1-c1ccc(C#N)cc1C. The summed E-state index contributed by atoms with van der Waals surface area (Å²) < 4.78 is 13.3. The topological polar surface area (TPSA) is 47.2 Å². The van der Waals surface area contributed by atoms with Crippen molar-refractivity contribution in [3.63, 3.8) is 0 Å². The average Bonchev–Trinajstić information content (AvgIpc) is 3.28. The molecule has 26 heavy (non-hydrogen) atoms. The first-order valence-electron chi connectivity index (χ1n) is 8.83. The molecule has 0 saturated heterocycles. The lowest BCUT2D eigenvalue weighted by atomic mass is 10.1. The van der Waals surface area contributed by atoms with Gasteiger partial charge >= 0.3 is 0 Å². The van der Waals surface area contributed by atoms with Crippen LogP contribution < -0.4 is 9.47 Å². The molecule has 0 radical (unpaired) electrons. The van der Waals surface area contributed by atoms with Gasteiger partial charge in [-0.05, 0) is 67.4 Å². The van der Waals surface area contributed by atoms with Crippen LogP contribution in [0.4, 0.5) is 0 Å². The number of aromatic nitrogens is 1. The third kappa shape index (κ3) is 2.72. The Morgan fingerprint density at radius 1 is 1.04 bits per heavy atom. The second-order valence-corrected chi connectivity index (χ2v) is 6.48. The van der Waals surface area contributed by atoms with Gasteiger partial charge in [0.05, 0.1) is 17.3 Å². The molecule has 3 aromatic rings. The molecule has 1 aromatic heterocycles. The molecule has 0 amide bonds. The predicted molar refractivity (Wildman–Crippen MR) is 101 cm³/mol. The number of ether oxygens (including phenoxy) is 2. The fourth-order valence-electron chi connectivity index (χ4n) is 3.47. The van der Waals surface area contributed by atoms with Gasteiger partial charge in [-0.15, -0.1) is 0 Å². The largest absolute Gasteiger partial charge is 0.454 e. The molecule has 1 aliphatic heterocycles. The zero-order chi connectivity index (χ0) is 18.1. The Morgan fingerprint density at radius 3 is 2.65 bits per heavy atom. The van der Waals surface area contributed by atoms with Crippen LogP contribution in [-0.2, 0) is 6.42 Å². The summed E-state index contributed by atoms with van der Waals surface area (Å²) in [5.74, 6) is 1.57. The smallest absolute Gasteiger partial charge is 0.231 e. The van der Waals surface area contributed by atoms with Gasteiger partial charge in [-0.1, -0.05) is 13.3 Å². The van der Waals surface area contributed by atoms with Crippen molar-refractivity contribution in [3.05, 3.63) is 65.4 Å². The van der Waals surface area contributed by atoms with Crippen LogP contribution in [-0.4, -0.2) is 11.4 Å². The summed E-state index contributed by atoms with van der Waals surface area (Å²) in [5, 5.41) is 9.16. The van der Waals surface area contributed by atoms with Gasteiger partial charge in [-0.2, -0.15) is 5.26 Å². The van der Waals surface area contributed by atoms with Crippen molar-refractivity contribution in [2.75, 3.05) is 6.79 Å². The molecule has 0 atom stereocenters. The standard InChI is InChI=1S/C22H20N2O2/c1-3-4-18-7-9-20(17-6-10-21-22(12-17)26-14-25-21)24(18)19-8-5-16(13-23)11-15(19)2/h5-12H,3-4,14H2,1-2H3. The fraction of sp³-hybridized carbons (Fsp3) is 0.227. The van der Waals surface area contributed by atoms with Crippen LogP contribution in [0.15, 0.2) is 48.5 Å². The minimum Gasteiger partial charge on any atom is -0.454 e. The van der Waals surface area contributed by atoms with Gasteiger partial charge in [0.1, 0.15) is 0 Å². The molecule has 1 aliphatic rings. The van der Waals surface area contributed by atoms with Crippen molar-refractivity contribution in [2.45, 2.75) is 26.7 Å². The van der Waals surface area contributed by atoms with Gasteiger partial charge in [0.15, 0.2) is 11.5 Å². The van der Waals surface area contributed by atoms with Crippen molar-refractivity contribution in [1.82, 2.24) is 4.57 Å². The number of benzene rings is 2. The van der Waals surface area contributed by atoms with E-state index in [0.717, 1.165) is 46.8 Å². The molecule has 4 rings (SSSR count). The van der Waals surface area contributed by atoms with Crippen molar-refractivity contribution in [3.8, 4) is 34.5 Å². The van der Waals surface area contributed by atoms with Gasteiger partial charge in [0.2, 0.25) is 6.79 Å². The van der Waals surface area contributed by atoms with Crippen LogP contribution in [0.3, 0.4) is 0 Å². The van der Waals surface area contributed by atoms with Gasteiger partial charge in [0.25, 0.3) is 0 Å². The number of hydrogen-bond acceptors (Lipinski definition) is 3. The molecule has 0 saturated carbocycles. The maximum Gasteiger partial charge on any atom is 0.231 e. The number of aryl methyl sites for hydroxylation is 2. The van der Waals surface area contributed by atoms with E-state index in [4.69, 9.17) is 14.7 Å². The quantitative estimate of drug-likeness (QED) is 0.669. The molecule has 2 heterocycles. The summed E-state index contributed by atoms with van der Waals surface area (Å²) in [6.45, 7) is 4.51. The van der Waals surface area contributed by atoms with E-state index < -0.39 is 0 Å². The van der Waals surface area contributed by atoms with Crippen LogP contribution in [0.5, 0.6) is 11.5 Å². The van der Waals surface area contributed by atoms with E-state index in [1.165, 1.54) is 5.69 Å². The summed E-state index contributed by atoms with van der Waals surface area (Å²) in [6.07, 6.45) is 2.06. The monoisotopic (exact) mass is 344 g/mol. The van der Waals surface area contributed by atoms with Gasteiger partial charge < -0.3 is 14.0 Å². The van der Waals surface area contributed by atoms with Gasteiger partial charge in [-0.25, -0.2) is 0 Å². The number of fused-ring (bicyclic) bond motifs is 1. The Balaban J connectivity index is 1.88. The summed E-state index contributed by atoms with van der Waals surface area (Å²) in [7, 11) is 0. The molecule has 0 aliphatic carbocycles. The second-order valence-electron chi connectivity index (χ2n) is 6.48. The first-order chi connectivity index (χ1) is 12.7. The van der Waals surface area contributed by atoms with Crippen LogP contribution in [0, 0.1) is 18.3 Å². The number of nitrogens with zero attached hydrogens (tertiary/aromatic N) is 2. The fourth-order valence-corrected chi connectivity index (χ4v) is 3.47. The molecule has 0 unspecified atom stereocenters. The van der Waals surface area contributed by atoms with Gasteiger partial charge in [0, 0.05) is 16.9 Å². The lowest BCUT2D eigenvalue weighted by Gasteiger charge is -2.16. The van der Waals surface area contributed by atoms with Crippen LogP contribution in [0.25, 0.3) is 16.9 Å². The molecular weight excluding hydrogens is 324 g/mol. The molecule has 0 fully saturated rings. The molecule has 0 N–H and O–H groups in total. The summed E-state index contributed by atoms with van der Waals surface area (Å²) in [5.41, 5.74) is 6.32. The first kappa shape index (κ1) is 16.3. The third-order valence-corrected chi connectivity index (χ3v) is 4.70. The van der Waals surface area contributed by atoms with E-state index in [0.29, 0.717) is 5.56 Å². The molecule has 4 heteroatoms. The highest BCUT2D eigenvalue weighted by molar-refractivity contribution is 5.69. The highest BCUT2D eigenvalue weighted by Gasteiger charge is 2.18. The minimum atomic E-state index is 0.273. The van der Waals surface area contributed by atoms with Crippen LogP contribution in [0.2, 0.25) is 0 Å². The highest BCUT2D eigenvalue weighted by Crippen LogP contribution is 2.37. The van der Waals surface area contributed by atoms with Gasteiger partial charge in [-0.3, -0.25) is 0 Å².